The van der Waals surface area contributed by atoms with Crippen molar-refractivity contribution in [1.82, 2.24) is 5.32 Å². The summed E-state index contributed by atoms with van der Waals surface area (Å²) in [5, 5.41) is 5.80. The summed E-state index contributed by atoms with van der Waals surface area (Å²) in [4.78, 5) is 23.2. The molecular weight excluding hydrogens is 258 g/mol. The molecule has 6 heteroatoms. The van der Waals surface area contributed by atoms with E-state index < -0.39 is 11.9 Å². The number of ether oxygens (including phenoxy) is 1. The first kappa shape index (κ1) is 14.2. The zero-order chi connectivity index (χ0) is 14.5. The van der Waals surface area contributed by atoms with Crippen molar-refractivity contribution in [3.05, 3.63) is 24.3 Å². The lowest BCUT2D eigenvalue weighted by Gasteiger charge is -2.18. The lowest BCUT2D eigenvalue weighted by molar-refractivity contribution is -0.125. The molecule has 1 aromatic carbocycles. The summed E-state index contributed by atoms with van der Waals surface area (Å²) < 4.78 is 5.19. The largest absolute Gasteiger partial charge is 0.495 e. The molecule has 1 atom stereocenters. The van der Waals surface area contributed by atoms with Gasteiger partial charge in [-0.15, -0.1) is 0 Å². The second-order valence-corrected chi connectivity index (χ2v) is 4.85. The monoisotopic (exact) mass is 277 g/mol. The van der Waals surface area contributed by atoms with Gasteiger partial charge in [0, 0.05) is 6.04 Å². The van der Waals surface area contributed by atoms with Crippen LogP contribution in [-0.4, -0.2) is 31.0 Å². The van der Waals surface area contributed by atoms with Gasteiger partial charge in [0.15, 0.2) is 0 Å². The number of benzene rings is 1. The SMILES string of the molecule is COc1ccccc1NC(CC(=O)NC1CC1)C(N)=O. The van der Waals surface area contributed by atoms with E-state index in [0.717, 1.165) is 12.8 Å². The van der Waals surface area contributed by atoms with E-state index in [0.29, 0.717) is 11.4 Å². The third-order valence-electron chi connectivity index (χ3n) is 3.11. The molecule has 0 bridgehead atoms. The smallest absolute Gasteiger partial charge is 0.240 e. The highest BCUT2D eigenvalue weighted by atomic mass is 16.5. The standard InChI is InChI=1S/C14H19N3O3/c1-20-12-5-3-2-4-10(12)17-11(14(15)19)8-13(18)16-9-6-7-9/h2-5,9,11,17H,6-8H2,1H3,(H2,15,19)(H,16,18). The predicted octanol–water partition coefficient (Wildman–Crippen LogP) is 0.630. The van der Waals surface area contributed by atoms with Crippen LogP contribution in [0.4, 0.5) is 5.69 Å². The molecule has 1 aromatic rings. The lowest BCUT2D eigenvalue weighted by atomic mass is 10.1. The molecule has 2 amide bonds. The third kappa shape index (κ3) is 3.88. The average Bonchev–Trinajstić information content (AvgIpc) is 3.22. The Morgan fingerprint density at radius 1 is 1.40 bits per heavy atom. The van der Waals surface area contributed by atoms with Gasteiger partial charge < -0.3 is 21.1 Å². The fourth-order valence-electron chi connectivity index (χ4n) is 1.87. The molecule has 108 valence electrons. The Morgan fingerprint density at radius 2 is 2.10 bits per heavy atom. The van der Waals surface area contributed by atoms with Crippen LogP contribution in [0.15, 0.2) is 24.3 Å². The van der Waals surface area contributed by atoms with Gasteiger partial charge in [0.05, 0.1) is 19.2 Å². The Labute approximate surface area is 117 Å². The first-order valence-electron chi connectivity index (χ1n) is 6.58. The van der Waals surface area contributed by atoms with Gasteiger partial charge in [0.2, 0.25) is 11.8 Å². The summed E-state index contributed by atoms with van der Waals surface area (Å²) >= 11 is 0. The maximum absolute atomic E-state index is 11.8. The number of carbonyl (C=O) groups is 2. The fraction of sp³-hybridized carbons (Fsp3) is 0.429. The van der Waals surface area contributed by atoms with Crippen molar-refractivity contribution in [3.63, 3.8) is 0 Å². The van der Waals surface area contributed by atoms with Crippen molar-refractivity contribution in [1.29, 1.82) is 0 Å². The highest BCUT2D eigenvalue weighted by Crippen LogP contribution is 2.24. The van der Waals surface area contributed by atoms with Crippen LogP contribution in [0.3, 0.4) is 0 Å². The van der Waals surface area contributed by atoms with Crippen LogP contribution < -0.4 is 21.1 Å². The summed E-state index contributed by atoms with van der Waals surface area (Å²) in [7, 11) is 1.54. The summed E-state index contributed by atoms with van der Waals surface area (Å²) in [6.45, 7) is 0. The van der Waals surface area contributed by atoms with Crippen LogP contribution in [0.1, 0.15) is 19.3 Å². The Hall–Kier alpha value is -2.24. The predicted molar refractivity (Wildman–Crippen MR) is 75.4 cm³/mol. The lowest BCUT2D eigenvalue weighted by Crippen LogP contribution is -2.40. The van der Waals surface area contributed by atoms with Gasteiger partial charge >= 0.3 is 0 Å². The van der Waals surface area contributed by atoms with Crippen LogP contribution >= 0.6 is 0 Å². The molecule has 0 aliphatic heterocycles. The Morgan fingerprint density at radius 3 is 2.70 bits per heavy atom. The van der Waals surface area contributed by atoms with Crippen molar-refractivity contribution < 1.29 is 14.3 Å². The molecular formula is C14H19N3O3. The van der Waals surface area contributed by atoms with E-state index in [-0.39, 0.29) is 18.4 Å². The number of amides is 2. The number of methoxy groups -OCH3 is 1. The van der Waals surface area contributed by atoms with Gasteiger partial charge in [0.1, 0.15) is 11.8 Å². The number of hydrogen-bond acceptors (Lipinski definition) is 4. The maximum Gasteiger partial charge on any atom is 0.240 e. The molecule has 4 N–H and O–H groups in total. The van der Waals surface area contributed by atoms with Crippen molar-refractivity contribution >= 4 is 17.5 Å². The minimum atomic E-state index is -0.759. The highest BCUT2D eigenvalue weighted by Gasteiger charge is 2.26. The number of nitrogens with one attached hydrogen (secondary N) is 2. The molecule has 1 saturated carbocycles. The minimum Gasteiger partial charge on any atom is -0.495 e. The van der Waals surface area contributed by atoms with E-state index in [1.807, 2.05) is 12.1 Å². The summed E-state index contributed by atoms with van der Waals surface area (Å²) in [5.74, 6) is -0.137. The van der Waals surface area contributed by atoms with E-state index in [1.165, 1.54) is 0 Å². The number of carbonyl (C=O) groups excluding carboxylic acids is 2. The molecule has 2 rings (SSSR count). The Kier molecular flexibility index (Phi) is 4.45. The van der Waals surface area contributed by atoms with Gasteiger partial charge in [-0.25, -0.2) is 0 Å². The van der Waals surface area contributed by atoms with E-state index in [1.54, 1.807) is 19.2 Å². The number of primary amides is 1. The zero-order valence-corrected chi connectivity index (χ0v) is 11.4. The number of anilines is 1. The molecule has 1 fully saturated rings. The Bertz CT molecular complexity index is 500. The fourth-order valence-corrected chi connectivity index (χ4v) is 1.87. The van der Waals surface area contributed by atoms with Gasteiger partial charge in [-0.1, -0.05) is 12.1 Å². The molecule has 20 heavy (non-hydrogen) atoms. The zero-order valence-electron chi connectivity index (χ0n) is 11.4. The molecule has 0 radical (unpaired) electrons. The molecule has 1 unspecified atom stereocenters. The quantitative estimate of drug-likeness (QED) is 0.681. The van der Waals surface area contributed by atoms with Gasteiger partial charge in [-0.2, -0.15) is 0 Å². The van der Waals surface area contributed by atoms with E-state index in [9.17, 15) is 9.59 Å². The first-order valence-corrected chi connectivity index (χ1v) is 6.58. The number of nitrogens with two attached hydrogens (primary N) is 1. The third-order valence-corrected chi connectivity index (χ3v) is 3.11. The summed E-state index contributed by atoms with van der Waals surface area (Å²) in [5.41, 5.74) is 5.99. The van der Waals surface area contributed by atoms with Crippen molar-refractivity contribution in [2.45, 2.75) is 31.3 Å². The molecule has 0 saturated heterocycles. The van der Waals surface area contributed by atoms with Crippen LogP contribution in [0.25, 0.3) is 0 Å². The van der Waals surface area contributed by atoms with Crippen LogP contribution in [0, 0.1) is 0 Å². The van der Waals surface area contributed by atoms with E-state index in [2.05, 4.69) is 10.6 Å². The first-order chi connectivity index (χ1) is 9.60. The minimum absolute atomic E-state index is 0.0177. The second kappa shape index (κ2) is 6.27. The molecule has 0 spiro atoms. The number of hydrogen-bond donors (Lipinski definition) is 3. The van der Waals surface area contributed by atoms with Crippen molar-refractivity contribution in [2.24, 2.45) is 5.73 Å². The van der Waals surface area contributed by atoms with Gasteiger partial charge in [-0.05, 0) is 25.0 Å². The molecule has 1 aliphatic rings. The van der Waals surface area contributed by atoms with Gasteiger partial charge in [-0.3, -0.25) is 9.59 Å². The van der Waals surface area contributed by atoms with Crippen molar-refractivity contribution in [3.8, 4) is 5.75 Å². The van der Waals surface area contributed by atoms with Crippen LogP contribution in [-0.2, 0) is 9.59 Å². The normalized spacial score (nSPS) is 15.2. The van der Waals surface area contributed by atoms with Crippen LogP contribution in [0.5, 0.6) is 5.75 Å². The molecule has 6 nitrogen and oxygen atoms in total. The van der Waals surface area contributed by atoms with Gasteiger partial charge in [0.25, 0.3) is 0 Å². The van der Waals surface area contributed by atoms with Crippen molar-refractivity contribution in [2.75, 3.05) is 12.4 Å². The molecule has 0 aromatic heterocycles. The number of para-hydroxylation sites is 2. The number of rotatable bonds is 7. The highest BCUT2D eigenvalue weighted by molar-refractivity contribution is 5.90. The summed E-state index contributed by atoms with van der Waals surface area (Å²) in [6.07, 6.45) is 2.03. The van der Waals surface area contributed by atoms with E-state index in [4.69, 9.17) is 10.5 Å². The molecule has 0 heterocycles. The second-order valence-electron chi connectivity index (χ2n) is 4.85. The maximum atomic E-state index is 11.8. The molecule has 1 aliphatic carbocycles. The Balaban J connectivity index is 2.00. The topological polar surface area (TPSA) is 93.4 Å². The van der Waals surface area contributed by atoms with Crippen LogP contribution in [0.2, 0.25) is 0 Å². The summed E-state index contributed by atoms with van der Waals surface area (Å²) in [6, 6.07) is 6.68. The van der Waals surface area contributed by atoms with E-state index >= 15 is 0 Å². The average molecular weight is 277 g/mol.